The molecule has 1 N–H and O–H groups in total. The number of imidazole rings is 1. The van der Waals surface area contributed by atoms with Crippen molar-refractivity contribution in [3.63, 3.8) is 0 Å². The van der Waals surface area contributed by atoms with Gasteiger partial charge >= 0.3 is 0 Å². The first-order chi connectivity index (χ1) is 12.2. The van der Waals surface area contributed by atoms with Crippen molar-refractivity contribution < 1.29 is 4.74 Å². The number of ether oxygens (including phenoxy) is 1. The molecule has 2 aromatic rings. The van der Waals surface area contributed by atoms with E-state index >= 15 is 0 Å². The van der Waals surface area contributed by atoms with Crippen LogP contribution in [-0.4, -0.2) is 60.1 Å². The molecule has 0 radical (unpaired) electrons. The van der Waals surface area contributed by atoms with Crippen LogP contribution >= 0.6 is 0 Å². The van der Waals surface area contributed by atoms with E-state index in [1.807, 2.05) is 6.20 Å². The van der Waals surface area contributed by atoms with Crippen molar-refractivity contribution in [2.75, 3.05) is 39.9 Å². The predicted octanol–water partition coefficient (Wildman–Crippen LogP) is 2.12. The molecule has 0 aromatic carbocycles. The number of rotatable bonds is 6. The van der Waals surface area contributed by atoms with E-state index in [-0.39, 0.29) is 0 Å². The van der Waals surface area contributed by atoms with Gasteiger partial charge in [0.2, 0.25) is 0 Å². The van der Waals surface area contributed by atoms with Gasteiger partial charge in [0, 0.05) is 58.0 Å². The minimum absolute atomic E-state index is 0.607. The Morgan fingerprint density at radius 2 is 2.36 bits per heavy atom. The fourth-order valence-corrected chi connectivity index (χ4v) is 3.42. The smallest absolute Gasteiger partial charge is 0.193 e. The lowest BCUT2D eigenvalue weighted by molar-refractivity contribution is 0.157. The van der Waals surface area contributed by atoms with Gasteiger partial charge in [0.25, 0.3) is 0 Å². The number of aryl methyl sites for hydroxylation is 1. The lowest BCUT2D eigenvalue weighted by Gasteiger charge is -2.21. The van der Waals surface area contributed by atoms with Crippen LogP contribution in [0.3, 0.4) is 0 Å². The zero-order chi connectivity index (χ0) is 17.6. The molecular weight excluding hydrogens is 314 g/mol. The van der Waals surface area contributed by atoms with Gasteiger partial charge in [0.1, 0.15) is 5.65 Å². The van der Waals surface area contributed by atoms with E-state index in [0.29, 0.717) is 5.92 Å². The highest BCUT2D eigenvalue weighted by Crippen LogP contribution is 2.16. The maximum Gasteiger partial charge on any atom is 0.193 e. The third-order valence-corrected chi connectivity index (χ3v) is 4.68. The summed E-state index contributed by atoms with van der Waals surface area (Å²) in [6, 6.07) is 4.15. The summed E-state index contributed by atoms with van der Waals surface area (Å²) in [7, 11) is 1.78. The second kappa shape index (κ2) is 8.34. The quantitative estimate of drug-likeness (QED) is 0.645. The summed E-state index contributed by atoms with van der Waals surface area (Å²) < 4.78 is 7.39. The second-order valence-corrected chi connectivity index (χ2v) is 6.70. The highest BCUT2D eigenvalue weighted by molar-refractivity contribution is 5.80. The molecule has 3 heterocycles. The van der Waals surface area contributed by atoms with Gasteiger partial charge < -0.3 is 19.4 Å². The molecule has 1 atom stereocenters. The first-order valence-electron chi connectivity index (χ1n) is 9.16. The van der Waals surface area contributed by atoms with Crippen LogP contribution in [0, 0.1) is 12.8 Å². The Morgan fingerprint density at radius 1 is 1.48 bits per heavy atom. The van der Waals surface area contributed by atoms with Gasteiger partial charge in [0.15, 0.2) is 5.96 Å². The SMILES string of the molecule is CCNC(=NCCc1cn2cccc(C)c2n1)N1CCC(COC)C1. The Hall–Kier alpha value is -2.08. The van der Waals surface area contributed by atoms with E-state index in [9.17, 15) is 0 Å². The largest absolute Gasteiger partial charge is 0.384 e. The molecule has 2 aromatic heterocycles. The standard InChI is InChI=1S/C19H29N5O/c1-4-20-19(24-11-8-16(12-24)14-25-3)21-9-7-17-13-23-10-5-6-15(2)18(23)22-17/h5-6,10,13,16H,4,7-9,11-12,14H2,1-3H3,(H,20,21). The first kappa shape index (κ1) is 17.7. The lowest BCUT2D eigenvalue weighted by Crippen LogP contribution is -2.40. The number of guanidine groups is 1. The van der Waals surface area contributed by atoms with Crippen LogP contribution in [0.1, 0.15) is 24.6 Å². The maximum absolute atomic E-state index is 5.29. The average Bonchev–Trinajstić information content (AvgIpc) is 3.22. The van der Waals surface area contributed by atoms with Gasteiger partial charge in [-0.25, -0.2) is 4.98 Å². The molecule has 0 amide bonds. The van der Waals surface area contributed by atoms with Gasteiger partial charge in [-0.2, -0.15) is 0 Å². The summed E-state index contributed by atoms with van der Waals surface area (Å²) in [4.78, 5) is 11.9. The summed E-state index contributed by atoms with van der Waals surface area (Å²) in [5.41, 5.74) is 3.33. The van der Waals surface area contributed by atoms with Crippen molar-refractivity contribution >= 4 is 11.6 Å². The minimum Gasteiger partial charge on any atom is -0.384 e. The Morgan fingerprint density at radius 3 is 3.12 bits per heavy atom. The zero-order valence-electron chi connectivity index (χ0n) is 15.5. The van der Waals surface area contributed by atoms with Crippen LogP contribution in [0.4, 0.5) is 0 Å². The molecule has 25 heavy (non-hydrogen) atoms. The van der Waals surface area contributed by atoms with Gasteiger partial charge in [-0.15, -0.1) is 0 Å². The molecule has 0 aliphatic carbocycles. The molecule has 6 nitrogen and oxygen atoms in total. The summed E-state index contributed by atoms with van der Waals surface area (Å²) in [5, 5.41) is 3.42. The van der Waals surface area contributed by atoms with Crippen LogP contribution in [0.15, 0.2) is 29.5 Å². The average molecular weight is 343 g/mol. The molecule has 1 unspecified atom stereocenters. The van der Waals surface area contributed by atoms with Crippen molar-refractivity contribution in [1.29, 1.82) is 0 Å². The number of fused-ring (bicyclic) bond motifs is 1. The molecule has 0 saturated carbocycles. The summed E-state index contributed by atoms with van der Waals surface area (Å²) in [6.45, 7) is 8.74. The van der Waals surface area contributed by atoms with E-state index < -0.39 is 0 Å². The third kappa shape index (κ3) is 4.31. The van der Waals surface area contributed by atoms with Crippen LogP contribution in [0.25, 0.3) is 5.65 Å². The third-order valence-electron chi connectivity index (χ3n) is 4.68. The van der Waals surface area contributed by atoms with Crippen molar-refractivity contribution in [3.8, 4) is 0 Å². The first-order valence-corrected chi connectivity index (χ1v) is 9.16. The highest BCUT2D eigenvalue weighted by atomic mass is 16.5. The Bertz CT molecular complexity index is 724. The van der Waals surface area contributed by atoms with Gasteiger partial charge in [-0.05, 0) is 31.9 Å². The number of likely N-dealkylation sites (tertiary alicyclic amines) is 1. The molecule has 136 valence electrons. The van der Waals surface area contributed by atoms with Crippen LogP contribution in [0.5, 0.6) is 0 Å². The molecule has 6 heteroatoms. The summed E-state index contributed by atoms with van der Waals surface area (Å²) >= 11 is 0. The topological polar surface area (TPSA) is 54.2 Å². The molecule has 0 spiro atoms. The lowest BCUT2D eigenvalue weighted by atomic mass is 10.1. The van der Waals surface area contributed by atoms with Gasteiger partial charge in [-0.1, -0.05) is 6.07 Å². The summed E-state index contributed by atoms with van der Waals surface area (Å²) in [5.74, 6) is 1.62. The van der Waals surface area contributed by atoms with E-state index in [2.05, 4.69) is 46.8 Å². The monoisotopic (exact) mass is 343 g/mol. The molecule has 1 saturated heterocycles. The van der Waals surface area contributed by atoms with E-state index in [1.54, 1.807) is 7.11 Å². The van der Waals surface area contributed by atoms with Crippen LogP contribution < -0.4 is 5.32 Å². The van der Waals surface area contributed by atoms with Crippen molar-refractivity contribution in [1.82, 2.24) is 19.6 Å². The Kier molecular flexibility index (Phi) is 5.91. The van der Waals surface area contributed by atoms with Crippen molar-refractivity contribution in [2.45, 2.75) is 26.7 Å². The number of aliphatic imine (C=N–C) groups is 1. The van der Waals surface area contributed by atoms with E-state index in [4.69, 9.17) is 14.7 Å². The molecule has 0 bridgehead atoms. The fourth-order valence-electron chi connectivity index (χ4n) is 3.42. The predicted molar refractivity (Wildman–Crippen MR) is 101 cm³/mol. The Balaban J connectivity index is 1.62. The molecule has 1 fully saturated rings. The normalized spacial score (nSPS) is 18.3. The van der Waals surface area contributed by atoms with Gasteiger partial charge in [0.05, 0.1) is 12.3 Å². The molecule has 1 aliphatic rings. The number of hydrogen-bond donors (Lipinski definition) is 1. The molecular formula is C19H29N5O. The second-order valence-electron chi connectivity index (χ2n) is 6.70. The van der Waals surface area contributed by atoms with Crippen LogP contribution in [-0.2, 0) is 11.2 Å². The van der Waals surface area contributed by atoms with E-state index in [1.165, 1.54) is 12.0 Å². The number of aromatic nitrogens is 2. The van der Waals surface area contributed by atoms with Crippen LogP contribution in [0.2, 0.25) is 0 Å². The number of pyridine rings is 1. The minimum atomic E-state index is 0.607. The zero-order valence-corrected chi connectivity index (χ0v) is 15.5. The summed E-state index contributed by atoms with van der Waals surface area (Å²) in [6.07, 6.45) is 6.18. The maximum atomic E-state index is 5.29. The number of methoxy groups -OCH3 is 1. The van der Waals surface area contributed by atoms with E-state index in [0.717, 1.165) is 56.5 Å². The van der Waals surface area contributed by atoms with Crippen molar-refractivity contribution in [2.24, 2.45) is 10.9 Å². The number of nitrogens with one attached hydrogen (secondary N) is 1. The van der Waals surface area contributed by atoms with Gasteiger partial charge in [-0.3, -0.25) is 4.99 Å². The number of hydrogen-bond acceptors (Lipinski definition) is 3. The number of nitrogens with zero attached hydrogens (tertiary/aromatic N) is 4. The Labute approximate surface area is 149 Å². The molecule has 1 aliphatic heterocycles. The van der Waals surface area contributed by atoms with Crippen molar-refractivity contribution in [3.05, 3.63) is 35.8 Å². The highest BCUT2D eigenvalue weighted by Gasteiger charge is 2.24. The molecule has 3 rings (SSSR count). The fraction of sp³-hybridized carbons (Fsp3) is 0.579.